The highest BCUT2D eigenvalue weighted by molar-refractivity contribution is 5.99. The van der Waals surface area contributed by atoms with Crippen molar-refractivity contribution in [2.75, 3.05) is 44.2 Å². The van der Waals surface area contributed by atoms with Crippen LogP contribution in [0.25, 0.3) is 0 Å². The minimum absolute atomic E-state index is 0.402. The summed E-state index contributed by atoms with van der Waals surface area (Å²) in [6.07, 6.45) is 1.02. The molecule has 0 saturated carbocycles. The third-order valence-electron chi connectivity index (χ3n) is 3.92. The van der Waals surface area contributed by atoms with E-state index in [0.29, 0.717) is 5.56 Å². The van der Waals surface area contributed by atoms with Crippen molar-refractivity contribution in [2.45, 2.75) is 20.3 Å². The Morgan fingerprint density at radius 3 is 2.52 bits per heavy atom. The lowest BCUT2D eigenvalue weighted by Crippen LogP contribution is -2.47. The highest BCUT2D eigenvalue weighted by Crippen LogP contribution is 2.23. The average Bonchev–Trinajstić information content (AvgIpc) is 2.44. The molecule has 1 aliphatic heterocycles. The number of aromatic nitrogens is 1. The molecule has 6 heteroatoms. The molecule has 2 heterocycles. The molecule has 1 fully saturated rings. The predicted octanol–water partition coefficient (Wildman–Crippen LogP) is 0.268. The first-order valence-electron chi connectivity index (χ1n) is 7.48. The molecule has 4 N–H and O–H groups in total. The van der Waals surface area contributed by atoms with E-state index in [4.69, 9.17) is 11.5 Å². The van der Waals surface area contributed by atoms with Crippen LogP contribution in [0.5, 0.6) is 0 Å². The molecule has 1 aromatic rings. The molecule has 21 heavy (non-hydrogen) atoms. The summed E-state index contributed by atoms with van der Waals surface area (Å²) in [7, 11) is 0. The van der Waals surface area contributed by atoms with Gasteiger partial charge in [-0.25, -0.2) is 4.98 Å². The number of nitrogens with two attached hydrogens (primary N) is 2. The maximum absolute atomic E-state index is 11.7. The largest absolute Gasteiger partial charge is 0.365 e. The molecule has 0 unspecified atom stereocenters. The molecule has 0 atom stereocenters. The van der Waals surface area contributed by atoms with E-state index in [1.54, 1.807) is 0 Å². The van der Waals surface area contributed by atoms with Crippen molar-refractivity contribution >= 4 is 11.7 Å². The van der Waals surface area contributed by atoms with E-state index >= 15 is 0 Å². The first-order chi connectivity index (χ1) is 10.0. The maximum Gasteiger partial charge on any atom is 0.252 e. The summed E-state index contributed by atoms with van der Waals surface area (Å²) in [4.78, 5) is 20.9. The molecule has 0 radical (unpaired) electrons. The number of rotatable bonds is 5. The fourth-order valence-electron chi connectivity index (χ4n) is 2.85. The number of pyridine rings is 1. The second kappa shape index (κ2) is 6.87. The number of nitrogens with zero attached hydrogens (tertiary/aromatic N) is 3. The first kappa shape index (κ1) is 15.7. The molecular weight excluding hydrogens is 266 g/mol. The van der Waals surface area contributed by atoms with Gasteiger partial charge in [0.2, 0.25) is 0 Å². The number of hydrogen-bond donors (Lipinski definition) is 2. The topological polar surface area (TPSA) is 88.5 Å². The van der Waals surface area contributed by atoms with Gasteiger partial charge < -0.3 is 16.4 Å². The van der Waals surface area contributed by atoms with Crippen LogP contribution in [-0.2, 0) is 0 Å². The second-order valence-corrected chi connectivity index (χ2v) is 5.61. The molecule has 116 valence electrons. The summed E-state index contributed by atoms with van der Waals surface area (Å²) in [6.45, 7) is 9.27. The van der Waals surface area contributed by atoms with Gasteiger partial charge >= 0.3 is 0 Å². The van der Waals surface area contributed by atoms with Crippen LogP contribution in [0.1, 0.15) is 28.0 Å². The molecule has 1 amide bonds. The number of amides is 1. The third kappa shape index (κ3) is 3.71. The zero-order valence-corrected chi connectivity index (χ0v) is 12.9. The molecule has 1 aliphatic rings. The molecule has 0 aliphatic carbocycles. The van der Waals surface area contributed by atoms with E-state index in [-0.39, 0.29) is 0 Å². The molecule has 0 aromatic carbocycles. The monoisotopic (exact) mass is 291 g/mol. The first-order valence-corrected chi connectivity index (χ1v) is 7.48. The Kier molecular flexibility index (Phi) is 5.14. The van der Waals surface area contributed by atoms with E-state index in [0.717, 1.165) is 62.8 Å². The Balaban J connectivity index is 2.14. The fourth-order valence-corrected chi connectivity index (χ4v) is 2.85. The summed E-state index contributed by atoms with van der Waals surface area (Å²) in [5, 5.41) is 0. The fraction of sp³-hybridized carbons (Fsp3) is 0.600. The summed E-state index contributed by atoms with van der Waals surface area (Å²) in [6, 6.07) is 1.90. The van der Waals surface area contributed by atoms with Crippen molar-refractivity contribution < 1.29 is 4.79 Å². The standard InChI is InChI=1S/C15H25N5O/c1-11-10-12(2)18-15(13(11)14(17)21)20-8-6-19(7-9-20)5-3-4-16/h10H,3-9,16H2,1-2H3,(H2,17,21). The number of carbonyl (C=O) groups is 1. The molecule has 1 aromatic heterocycles. The number of carbonyl (C=O) groups excluding carboxylic acids is 1. The van der Waals surface area contributed by atoms with Crippen molar-refractivity contribution in [3.8, 4) is 0 Å². The van der Waals surface area contributed by atoms with E-state index in [1.807, 2.05) is 19.9 Å². The van der Waals surface area contributed by atoms with Gasteiger partial charge in [-0.1, -0.05) is 0 Å². The van der Waals surface area contributed by atoms with Crippen molar-refractivity contribution in [2.24, 2.45) is 11.5 Å². The Morgan fingerprint density at radius 1 is 1.29 bits per heavy atom. The zero-order chi connectivity index (χ0) is 15.4. The second-order valence-electron chi connectivity index (χ2n) is 5.61. The Bertz CT molecular complexity index is 509. The smallest absolute Gasteiger partial charge is 0.252 e. The Hall–Kier alpha value is -1.66. The van der Waals surface area contributed by atoms with Gasteiger partial charge in [0.05, 0.1) is 5.56 Å². The average molecular weight is 291 g/mol. The Morgan fingerprint density at radius 2 is 1.95 bits per heavy atom. The van der Waals surface area contributed by atoms with Crippen molar-refractivity contribution in [3.63, 3.8) is 0 Å². The van der Waals surface area contributed by atoms with Gasteiger partial charge in [0.25, 0.3) is 5.91 Å². The number of aryl methyl sites for hydroxylation is 2. The number of primary amides is 1. The van der Waals surface area contributed by atoms with Crippen molar-refractivity contribution in [1.82, 2.24) is 9.88 Å². The summed E-state index contributed by atoms with van der Waals surface area (Å²) in [5.74, 6) is 0.332. The van der Waals surface area contributed by atoms with Crippen LogP contribution in [0.3, 0.4) is 0 Å². The molecule has 0 bridgehead atoms. The zero-order valence-electron chi connectivity index (χ0n) is 12.9. The third-order valence-corrected chi connectivity index (χ3v) is 3.92. The van der Waals surface area contributed by atoms with Crippen LogP contribution in [0, 0.1) is 13.8 Å². The maximum atomic E-state index is 11.7. The number of anilines is 1. The van der Waals surface area contributed by atoms with Crippen molar-refractivity contribution in [3.05, 3.63) is 22.9 Å². The molecule has 1 saturated heterocycles. The van der Waals surface area contributed by atoms with Crippen LogP contribution in [0.2, 0.25) is 0 Å². The normalized spacial score (nSPS) is 16.2. The summed E-state index contributed by atoms with van der Waals surface area (Å²) >= 11 is 0. The quantitative estimate of drug-likeness (QED) is 0.813. The highest BCUT2D eigenvalue weighted by atomic mass is 16.1. The van der Waals surface area contributed by atoms with E-state index in [9.17, 15) is 4.79 Å². The lowest BCUT2D eigenvalue weighted by molar-refractivity contribution is 0.0999. The molecule has 2 rings (SSSR count). The van der Waals surface area contributed by atoms with E-state index < -0.39 is 5.91 Å². The van der Waals surface area contributed by atoms with Gasteiger partial charge in [0.1, 0.15) is 5.82 Å². The molecule has 0 spiro atoms. The van der Waals surface area contributed by atoms with Gasteiger partial charge in [-0.2, -0.15) is 0 Å². The van der Waals surface area contributed by atoms with Crippen LogP contribution in [-0.4, -0.2) is 55.1 Å². The van der Waals surface area contributed by atoms with Gasteiger partial charge in [-0.15, -0.1) is 0 Å². The van der Waals surface area contributed by atoms with Gasteiger partial charge in [0.15, 0.2) is 0 Å². The van der Waals surface area contributed by atoms with Gasteiger partial charge in [-0.3, -0.25) is 9.69 Å². The summed E-state index contributed by atoms with van der Waals surface area (Å²) in [5.41, 5.74) is 13.5. The highest BCUT2D eigenvalue weighted by Gasteiger charge is 2.23. The van der Waals surface area contributed by atoms with Gasteiger partial charge in [-0.05, 0) is 45.0 Å². The number of piperazine rings is 1. The lowest BCUT2D eigenvalue weighted by atomic mass is 10.1. The lowest BCUT2D eigenvalue weighted by Gasteiger charge is -2.36. The molecular formula is C15H25N5O. The Labute approximate surface area is 126 Å². The van der Waals surface area contributed by atoms with E-state index in [1.165, 1.54) is 0 Å². The van der Waals surface area contributed by atoms with Crippen LogP contribution < -0.4 is 16.4 Å². The summed E-state index contributed by atoms with van der Waals surface area (Å²) < 4.78 is 0. The predicted molar refractivity (Wildman–Crippen MR) is 84.6 cm³/mol. The molecule has 6 nitrogen and oxygen atoms in total. The van der Waals surface area contributed by atoms with Crippen LogP contribution in [0.15, 0.2) is 6.07 Å². The van der Waals surface area contributed by atoms with Crippen LogP contribution >= 0.6 is 0 Å². The van der Waals surface area contributed by atoms with E-state index in [2.05, 4.69) is 14.8 Å². The minimum atomic E-state index is -0.402. The minimum Gasteiger partial charge on any atom is -0.365 e. The number of hydrogen-bond acceptors (Lipinski definition) is 5. The SMILES string of the molecule is Cc1cc(C)c(C(N)=O)c(N2CCN(CCCN)CC2)n1. The van der Waals surface area contributed by atoms with Crippen LogP contribution in [0.4, 0.5) is 5.82 Å². The van der Waals surface area contributed by atoms with Gasteiger partial charge in [0, 0.05) is 31.9 Å². The van der Waals surface area contributed by atoms with Crippen molar-refractivity contribution in [1.29, 1.82) is 0 Å².